The zero-order valence-corrected chi connectivity index (χ0v) is 13.4. The quantitative estimate of drug-likeness (QED) is 0.898. The zero-order chi connectivity index (χ0) is 15.1. The normalized spacial score (nSPS) is 21.4. The molecule has 2 unspecified atom stereocenters. The number of nitrogens with zero attached hydrogens (tertiary/aromatic N) is 1. The summed E-state index contributed by atoms with van der Waals surface area (Å²) in [4.78, 5) is 14.3. The molecular weight excluding hydrogens is 248 g/mol. The largest absolute Gasteiger partial charge is 0.319 e. The number of hydrogen-bond acceptors (Lipinski definition) is 2. The van der Waals surface area contributed by atoms with Crippen LogP contribution in [0.2, 0.25) is 0 Å². The molecule has 1 aromatic rings. The summed E-state index contributed by atoms with van der Waals surface area (Å²) in [6, 6.07) is 6.63. The number of hydrogen-bond donors (Lipinski definition) is 1. The second-order valence-electron chi connectivity index (χ2n) is 6.99. The summed E-state index contributed by atoms with van der Waals surface area (Å²) in [5.41, 5.74) is 3.74. The number of amides is 1. The lowest BCUT2D eigenvalue weighted by molar-refractivity contribution is -0.132. The molecule has 0 saturated carbocycles. The van der Waals surface area contributed by atoms with E-state index in [1.54, 1.807) is 0 Å². The fourth-order valence-corrected chi connectivity index (χ4v) is 2.69. The zero-order valence-electron chi connectivity index (χ0n) is 13.4. The number of rotatable bonds is 2. The number of nitrogens with one attached hydrogen (secondary N) is 1. The number of carbonyl (C=O) groups excluding carboxylic acids is 1. The Morgan fingerprint density at radius 2 is 1.95 bits per heavy atom. The van der Waals surface area contributed by atoms with Crippen LogP contribution in [0, 0.1) is 19.3 Å². The van der Waals surface area contributed by atoms with Gasteiger partial charge in [0.1, 0.15) is 6.17 Å². The molecule has 1 saturated heterocycles. The molecule has 1 amide bonds. The lowest BCUT2D eigenvalue weighted by Crippen LogP contribution is -2.45. The van der Waals surface area contributed by atoms with E-state index in [1.807, 2.05) is 4.90 Å². The van der Waals surface area contributed by atoms with Crippen molar-refractivity contribution >= 4 is 5.91 Å². The van der Waals surface area contributed by atoms with Crippen molar-refractivity contribution in [1.29, 1.82) is 0 Å². The van der Waals surface area contributed by atoms with Crippen molar-refractivity contribution in [1.82, 2.24) is 10.2 Å². The predicted molar refractivity (Wildman–Crippen MR) is 82.4 cm³/mol. The van der Waals surface area contributed by atoms with Gasteiger partial charge in [-0.1, -0.05) is 44.5 Å². The van der Waals surface area contributed by atoms with Crippen molar-refractivity contribution in [3.05, 3.63) is 34.9 Å². The maximum absolute atomic E-state index is 12.3. The van der Waals surface area contributed by atoms with Crippen molar-refractivity contribution in [3.63, 3.8) is 0 Å². The monoisotopic (exact) mass is 274 g/mol. The van der Waals surface area contributed by atoms with Crippen molar-refractivity contribution in [2.24, 2.45) is 5.41 Å². The molecule has 3 nitrogen and oxygen atoms in total. The second kappa shape index (κ2) is 5.21. The molecule has 0 radical (unpaired) electrons. The molecular formula is C17H26N2O. The topological polar surface area (TPSA) is 32.3 Å². The van der Waals surface area contributed by atoms with Crippen LogP contribution in [-0.2, 0) is 4.79 Å². The lowest BCUT2D eigenvalue weighted by atomic mass is 9.86. The third-order valence-corrected chi connectivity index (χ3v) is 4.41. The minimum atomic E-state index is -0.00313. The highest BCUT2D eigenvalue weighted by molar-refractivity contribution is 5.81. The van der Waals surface area contributed by atoms with Crippen molar-refractivity contribution in [2.75, 3.05) is 6.54 Å². The Morgan fingerprint density at radius 1 is 1.30 bits per heavy atom. The SMILES string of the molecule is Cc1ccc(C)c(C2NCC(=O)N2C(C)C(C)(C)C)c1. The minimum Gasteiger partial charge on any atom is -0.319 e. The van der Waals surface area contributed by atoms with Gasteiger partial charge < -0.3 is 4.90 Å². The summed E-state index contributed by atoms with van der Waals surface area (Å²) in [5.74, 6) is 0.193. The maximum atomic E-state index is 12.3. The van der Waals surface area contributed by atoms with Crippen LogP contribution in [0.1, 0.15) is 50.6 Å². The molecule has 3 heteroatoms. The van der Waals surface area contributed by atoms with E-state index in [0.29, 0.717) is 6.54 Å². The van der Waals surface area contributed by atoms with Gasteiger partial charge in [0.15, 0.2) is 0 Å². The van der Waals surface area contributed by atoms with E-state index in [9.17, 15) is 4.79 Å². The van der Waals surface area contributed by atoms with E-state index in [1.165, 1.54) is 16.7 Å². The third kappa shape index (κ3) is 2.73. The Hall–Kier alpha value is -1.35. The first-order valence-electron chi connectivity index (χ1n) is 7.33. The maximum Gasteiger partial charge on any atom is 0.238 e. The van der Waals surface area contributed by atoms with Gasteiger partial charge in [-0.15, -0.1) is 0 Å². The molecule has 0 spiro atoms. The summed E-state index contributed by atoms with van der Waals surface area (Å²) in [7, 11) is 0. The first-order chi connectivity index (χ1) is 9.21. The minimum absolute atomic E-state index is 0.00313. The van der Waals surface area contributed by atoms with Crippen molar-refractivity contribution in [2.45, 2.75) is 53.8 Å². The summed E-state index contributed by atoms with van der Waals surface area (Å²) >= 11 is 0. The van der Waals surface area contributed by atoms with Crippen molar-refractivity contribution in [3.8, 4) is 0 Å². The first kappa shape index (κ1) is 15.0. The molecule has 20 heavy (non-hydrogen) atoms. The highest BCUT2D eigenvalue weighted by Crippen LogP contribution is 2.34. The number of aryl methyl sites for hydroxylation is 2. The molecule has 1 aromatic carbocycles. The van der Waals surface area contributed by atoms with Crippen LogP contribution in [0.3, 0.4) is 0 Å². The number of benzene rings is 1. The molecule has 1 heterocycles. The smallest absolute Gasteiger partial charge is 0.238 e. The van der Waals surface area contributed by atoms with Gasteiger partial charge in [0.25, 0.3) is 0 Å². The van der Waals surface area contributed by atoms with Gasteiger partial charge in [0, 0.05) is 6.04 Å². The Labute approximate surface area is 122 Å². The van der Waals surface area contributed by atoms with E-state index in [0.717, 1.165) is 0 Å². The summed E-state index contributed by atoms with van der Waals surface area (Å²) < 4.78 is 0. The van der Waals surface area contributed by atoms with Gasteiger partial charge in [0.05, 0.1) is 6.54 Å². The first-order valence-corrected chi connectivity index (χ1v) is 7.33. The molecule has 2 atom stereocenters. The Kier molecular flexibility index (Phi) is 3.92. The highest BCUT2D eigenvalue weighted by atomic mass is 16.2. The van der Waals surface area contributed by atoms with Gasteiger partial charge in [-0.25, -0.2) is 0 Å². The van der Waals surface area contributed by atoms with Crippen LogP contribution in [-0.4, -0.2) is 23.4 Å². The molecule has 1 fully saturated rings. The van der Waals surface area contributed by atoms with E-state index < -0.39 is 0 Å². The van der Waals surface area contributed by atoms with Gasteiger partial charge in [-0.3, -0.25) is 10.1 Å². The molecule has 110 valence electrons. The molecule has 2 rings (SSSR count). The standard InChI is InChI=1S/C17H26N2O/c1-11-7-8-12(2)14(9-11)16-18-10-15(20)19(16)13(3)17(4,5)6/h7-9,13,16,18H,10H2,1-6H3. The predicted octanol–water partition coefficient (Wildman–Crippen LogP) is 3.17. The second-order valence-corrected chi connectivity index (χ2v) is 6.99. The lowest BCUT2D eigenvalue weighted by Gasteiger charge is -2.39. The van der Waals surface area contributed by atoms with Crippen molar-refractivity contribution < 1.29 is 4.79 Å². The van der Waals surface area contributed by atoms with Gasteiger partial charge in [-0.05, 0) is 37.3 Å². The third-order valence-electron chi connectivity index (χ3n) is 4.41. The van der Waals surface area contributed by atoms with E-state index in [2.05, 4.69) is 65.1 Å². The van der Waals surface area contributed by atoms with E-state index in [-0.39, 0.29) is 23.5 Å². The van der Waals surface area contributed by atoms with Gasteiger partial charge >= 0.3 is 0 Å². The average Bonchev–Trinajstić information content (AvgIpc) is 2.72. The Bertz CT molecular complexity index is 516. The van der Waals surface area contributed by atoms with Crippen LogP contribution in [0.4, 0.5) is 0 Å². The molecule has 0 aliphatic carbocycles. The van der Waals surface area contributed by atoms with Crippen LogP contribution >= 0.6 is 0 Å². The Balaban J connectivity index is 2.40. The van der Waals surface area contributed by atoms with E-state index >= 15 is 0 Å². The van der Waals surface area contributed by atoms with Crippen LogP contribution in [0.15, 0.2) is 18.2 Å². The Morgan fingerprint density at radius 3 is 2.55 bits per heavy atom. The van der Waals surface area contributed by atoms with Gasteiger partial charge in [-0.2, -0.15) is 0 Å². The van der Waals surface area contributed by atoms with Crippen LogP contribution in [0.25, 0.3) is 0 Å². The molecule has 1 aliphatic heterocycles. The number of carbonyl (C=O) groups is 1. The molecule has 0 aromatic heterocycles. The fraction of sp³-hybridized carbons (Fsp3) is 0.588. The van der Waals surface area contributed by atoms with E-state index in [4.69, 9.17) is 0 Å². The summed E-state index contributed by atoms with van der Waals surface area (Å²) in [5, 5.41) is 3.37. The van der Waals surface area contributed by atoms with Crippen LogP contribution < -0.4 is 5.32 Å². The average molecular weight is 274 g/mol. The molecule has 0 bridgehead atoms. The highest BCUT2D eigenvalue weighted by Gasteiger charge is 2.39. The molecule has 1 N–H and O–H groups in total. The van der Waals surface area contributed by atoms with Crippen LogP contribution in [0.5, 0.6) is 0 Å². The fourth-order valence-electron chi connectivity index (χ4n) is 2.69. The summed E-state index contributed by atoms with van der Waals surface area (Å²) in [6.45, 7) is 13.3. The molecule has 1 aliphatic rings. The van der Waals surface area contributed by atoms with Gasteiger partial charge in [0.2, 0.25) is 5.91 Å². The summed E-state index contributed by atoms with van der Waals surface area (Å²) in [6.07, 6.45) is -0.00313.